The zero-order chi connectivity index (χ0) is 15.4. The maximum absolute atomic E-state index is 4.80. The molecule has 6 heteroatoms. The molecule has 1 saturated heterocycles. The second kappa shape index (κ2) is 6.87. The lowest BCUT2D eigenvalue weighted by molar-refractivity contribution is 0.511. The maximum Gasteiger partial charge on any atom is 0.228 e. The fourth-order valence-electron chi connectivity index (χ4n) is 2.43. The molecule has 0 N–H and O–H groups in total. The molecule has 3 rings (SSSR count). The number of nitrogens with zero attached hydrogens (tertiary/aromatic N) is 5. The van der Waals surface area contributed by atoms with Gasteiger partial charge in [-0.25, -0.2) is 9.67 Å². The quantitative estimate of drug-likeness (QED) is 0.632. The zero-order valence-corrected chi connectivity index (χ0v) is 13.9. The SMILES string of the molecule is CCc1nn(C)c(=NC(=Nc2ccccc2)N2CCCC2)s1. The molecular weight excluding hydrogens is 294 g/mol. The van der Waals surface area contributed by atoms with E-state index in [2.05, 4.69) is 16.9 Å². The third kappa shape index (κ3) is 3.44. The van der Waals surface area contributed by atoms with Gasteiger partial charge in [0.25, 0.3) is 0 Å². The Balaban J connectivity index is 2.01. The molecule has 2 heterocycles. The lowest BCUT2D eigenvalue weighted by Crippen LogP contribution is -2.29. The summed E-state index contributed by atoms with van der Waals surface area (Å²) in [5, 5.41) is 5.58. The standard InChI is InChI=1S/C16H21N5S/c1-3-14-19-20(2)16(22-14)18-15(21-11-7-8-12-21)17-13-9-5-4-6-10-13/h4-6,9-10H,3,7-8,11-12H2,1-2H3. The van der Waals surface area contributed by atoms with Gasteiger partial charge in [-0.2, -0.15) is 10.1 Å². The first-order valence-electron chi connectivity index (χ1n) is 7.72. The number of likely N-dealkylation sites (tertiary alicyclic amines) is 1. The van der Waals surface area contributed by atoms with Crippen molar-refractivity contribution < 1.29 is 0 Å². The van der Waals surface area contributed by atoms with E-state index in [0.717, 1.165) is 41.0 Å². The fourth-order valence-corrected chi connectivity index (χ4v) is 3.25. The first-order chi connectivity index (χ1) is 10.8. The van der Waals surface area contributed by atoms with Gasteiger partial charge in [-0.05, 0) is 31.4 Å². The lowest BCUT2D eigenvalue weighted by atomic mass is 10.3. The number of hydrogen-bond donors (Lipinski definition) is 0. The average molecular weight is 315 g/mol. The summed E-state index contributed by atoms with van der Waals surface area (Å²) in [6.07, 6.45) is 3.35. The highest BCUT2D eigenvalue weighted by Crippen LogP contribution is 2.15. The van der Waals surface area contributed by atoms with E-state index in [1.165, 1.54) is 12.8 Å². The minimum absolute atomic E-state index is 0.797. The van der Waals surface area contributed by atoms with Crippen LogP contribution in [0.15, 0.2) is 40.3 Å². The van der Waals surface area contributed by atoms with Gasteiger partial charge in [0.1, 0.15) is 5.01 Å². The molecule has 0 radical (unpaired) electrons. The molecule has 0 amide bonds. The van der Waals surface area contributed by atoms with Gasteiger partial charge in [0.2, 0.25) is 10.8 Å². The van der Waals surface area contributed by atoms with Crippen LogP contribution in [0.3, 0.4) is 0 Å². The van der Waals surface area contributed by atoms with Crippen molar-refractivity contribution in [3.63, 3.8) is 0 Å². The number of aromatic nitrogens is 2. The van der Waals surface area contributed by atoms with Crippen LogP contribution in [0.2, 0.25) is 0 Å². The summed E-state index contributed by atoms with van der Waals surface area (Å²) in [5.74, 6) is 0.797. The van der Waals surface area contributed by atoms with Crippen molar-refractivity contribution in [1.29, 1.82) is 0 Å². The Labute approximate surface area is 134 Å². The van der Waals surface area contributed by atoms with E-state index in [0.29, 0.717) is 0 Å². The van der Waals surface area contributed by atoms with Crippen molar-refractivity contribution in [1.82, 2.24) is 14.7 Å². The highest BCUT2D eigenvalue weighted by Gasteiger charge is 2.16. The predicted octanol–water partition coefficient (Wildman–Crippen LogP) is 2.73. The number of aliphatic imine (C=N–C) groups is 1. The van der Waals surface area contributed by atoms with Crippen molar-refractivity contribution in [2.24, 2.45) is 17.0 Å². The second-order valence-corrected chi connectivity index (χ2v) is 6.35. The van der Waals surface area contributed by atoms with Crippen LogP contribution in [-0.4, -0.2) is 33.7 Å². The molecule has 0 aliphatic carbocycles. The van der Waals surface area contributed by atoms with Crippen LogP contribution in [0.1, 0.15) is 24.8 Å². The van der Waals surface area contributed by atoms with E-state index in [4.69, 9.17) is 9.98 Å². The molecule has 0 bridgehead atoms. The van der Waals surface area contributed by atoms with Crippen molar-refractivity contribution >= 4 is 23.0 Å². The number of para-hydroxylation sites is 1. The topological polar surface area (TPSA) is 45.8 Å². The number of hydrogen-bond acceptors (Lipinski definition) is 3. The molecule has 1 fully saturated rings. The summed E-state index contributed by atoms with van der Waals surface area (Å²) in [6, 6.07) is 10.0. The molecule has 0 spiro atoms. The second-order valence-electron chi connectivity index (χ2n) is 5.31. The Morgan fingerprint density at radius 3 is 2.59 bits per heavy atom. The molecule has 22 heavy (non-hydrogen) atoms. The minimum atomic E-state index is 0.797. The van der Waals surface area contributed by atoms with Gasteiger partial charge in [-0.1, -0.05) is 36.5 Å². The van der Waals surface area contributed by atoms with Crippen LogP contribution >= 0.6 is 11.3 Å². The molecule has 1 aliphatic heterocycles. The Bertz CT molecular complexity index is 708. The largest absolute Gasteiger partial charge is 0.341 e. The lowest BCUT2D eigenvalue weighted by Gasteiger charge is -2.15. The van der Waals surface area contributed by atoms with Crippen molar-refractivity contribution in [2.75, 3.05) is 13.1 Å². The predicted molar refractivity (Wildman–Crippen MR) is 90.4 cm³/mol. The summed E-state index contributed by atoms with van der Waals surface area (Å²) in [4.78, 5) is 12.7. The normalized spacial score (nSPS) is 16.5. The Morgan fingerprint density at radius 2 is 1.95 bits per heavy atom. The van der Waals surface area contributed by atoms with E-state index >= 15 is 0 Å². The number of guanidine groups is 1. The molecule has 5 nitrogen and oxygen atoms in total. The molecule has 1 aliphatic rings. The third-order valence-corrected chi connectivity index (χ3v) is 4.76. The van der Waals surface area contributed by atoms with Crippen LogP contribution in [0.5, 0.6) is 0 Å². The van der Waals surface area contributed by atoms with E-state index in [1.54, 1.807) is 11.3 Å². The zero-order valence-electron chi connectivity index (χ0n) is 13.1. The molecule has 1 aromatic carbocycles. The summed E-state index contributed by atoms with van der Waals surface area (Å²) in [6.45, 7) is 4.17. The highest BCUT2D eigenvalue weighted by molar-refractivity contribution is 7.08. The van der Waals surface area contributed by atoms with Gasteiger partial charge < -0.3 is 4.90 Å². The average Bonchev–Trinajstić information content (AvgIpc) is 3.18. The number of rotatable bonds is 2. The third-order valence-electron chi connectivity index (χ3n) is 3.62. The van der Waals surface area contributed by atoms with Crippen molar-refractivity contribution in [2.45, 2.75) is 26.2 Å². The van der Waals surface area contributed by atoms with Gasteiger partial charge in [-0.3, -0.25) is 0 Å². The summed E-state index contributed by atoms with van der Waals surface area (Å²) < 4.78 is 1.85. The Kier molecular flexibility index (Phi) is 4.68. The van der Waals surface area contributed by atoms with Gasteiger partial charge >= 0.3 is 0 Å². The van der Waals surface area contributed by atoms with Crippen LogP contribution in [0.4, 0.5) is 5.69 Å². The summed E-state index contributed by atoms with van der Waals surface area (Å²) in [7, 11) is 1.94. The van der Waals surface area contributed by atoms with E-state index in [-0.39, 0.29) is 0 Å². The molecule has 1 aromatic heterocycles. The van der Waals surface area contributed by atoms with E-state index < -0.39 is 0 Å². The van der Waals surface area contributed by atoms with E-state index in [1.807, 2.05) is 42.1 Å². The van der Waals surface area contributed by atoms with Crippen LogP contribution < -0.4 is 4.80 Å². The van der Waals surface area contributed by atoms with Crippen LogP contribution in [-0.2, 0) is 13.5 Å². The molecular formula is C16H21N5S. The first kappa shape index (κ1) is 15.0. The maximum atomic E-state index is 4.80. The monoisotopic (exact) mass is 315 g/mol. The molecule has 0 saturated carbocycles. The molecule has 0 unspecified atom stereocenters. The van der Waals surface area contributed by atoms with Gasteiger partial charge in [0.15, 0.2) is 0 Å². The summed E-state index contributed by atoms with van der Waals surface area (Å²) >= 11 is 1.63. The van der Waals surface area contributed by atoms with Crippen LogP contribution in [0, 0.1) is 0 Å². The molecule has 2 aromatic rings. The van der Waals surface area contributed by atoms with Gasteiger partial charge in [-0.15, -0.1) is 0 Å². The summed E-state index contributed by atoms with van der Waals surface area (Å²) in [5.41, 5.74) is 0.941. The van der Waals surface area contributed by atoms with Crippen molar-refractivity contribution in [3.8, 4) is 0 Å². The number of aryl methyl sites for hydroxylation is 2. The fraction of sp³-hybridized carbons (Fsp3) is 0.438. The Hall–Kier alpha value is -1.95. The van der Waals surface area contributed by atoms with Crippen LogP contribution in [0.25, 0.3) is 0 Å². The number of benzene rings is 1. The first-order valence-corrected chi connectivity index (χ1v) is 8.54. The van der Waals surface area contributed by atoms with Gasteiger partial charge in [0.05, 0.1) is 5.69 Å². The van der Waals surface area contributed by atoms with Crippen molar-refractivity contribution in [3.05, 3.63) is 40.1 Å². The Morgan fingerprint density at radius 1 is 1.23 bits per heavy atom. The highest BCUT2D eigenvalue weighted by atomic mass is 32.1. The molecule has 116 valence electrons. The molecule has 0 atom stereocenters. The van der Waals surface area contributed by atoms with Gasteiger partial charge in [0, 0.05) is 20.1 Å². The van der Waals surface area contributed by atoms with E-state index in [9.17, 15) is 0 Å². The smallest absolute Gasteiger partial charge is 0.228 e. The minimum Gasteiger partial charge on any atom is -0.341 e.